The van der Waals surface area contributed by atoms with Crippen molar-refractivity contribution in [2.24, 2.45) is 0 Å². The van der Waals surface area contributed by atoms with Crippen LogP contribution in [0.25, 0.3) is 0 Å². The molecule has 13 heavy (non-hydrogen) atoms. The quantitative estimate of drug-likeness (QED) is 0.404. The minimum absolute atomic E-state index is 0.0833. The van der Waals surface area contributed by atoms with Gasteiger partial charge >= 0.3 is 0 Å². The molecular formula is C10H15NO2. The molecular weight excluding hydrogens is 166 g/mol. The maximum absolute atomic E-state index is 10.9. The molecule has 0 unspecified atom stereocenters. The van der Waals surface area contributed by atoms with Crippen LogP contribution in [0.1, 0.15) is 27.7 Å². The fourth-order valence-corrected chi connectivity index (χ4v) is 0.611. The number of allylic oxidation sites excluding steroid dienone is 4. The van der Waals surface area contributed by atoms with Gasteiger partial charge in [0.05, 0.1) is 0 Å². The molecule has 3 heteroatoms. The van der Waals surface area contributed by atoms with Crippen LogP contribution in [-0.2, 0) is 9.59 Å². The molecule has 0 aliphatic heterocycles. The van der Waals surface area contributed by atoms with E-state index in [9.17, 15) is 4.79 Å². The minimum Gasteiger partial charge on any atom is -0.290 e. The standard InChI is InChI=1S/C9H14O.CHNO/c1-7(2)5-9(10)6-8(3)4;2-1-3/h5-6H,1-4H3;2H. The largest absolute Gasteiger partial charge is 0.290 e. The van der Waals surface area contributed by atoms with Gasteiger partial charge in [-0.15, -0.1) is 0 Å². The van der Waals surface area contributed by atoms with E-state index in [1.807, 2.05) is 27.7 Å². The van der Waals surface area contributed by atoms with E-state index < -0.39 is 0 Å². The summed E-state index contributed by atoms with van der Waals surface area (Å²) in [7, 11) is 0. The Morgan fingerprint density at radius 2 is 1.31 bits per heavy atom. The Morgan fingerprint density at radius 3 is 1.46 bits per heavy atom. The summed E-state index contributed by atoms with van der Waals surface area (Å²) in [4.78, 5) is 19.3. The third kappa shape index (κ3) is 18.0. The maximum Gasteiger partial charge on any atom is 0.231 e. The fraction of sp³-hybridized carbons (Fsp3) is 0.400. The first-order valence-corrected chi connectivity index (χ1v) is 3.81. The fourth-order valence-electron chi connectivity index (χ4n) is 0.611. The Labute approximate surface area is 78.7 Å². The molecule has 0 atom stereocenters. The normalized spacial score (nSPS) is 7.08. The lowest BCUT2D eigenvalue weighted by Crippen LogP contribution is -1.87. The molecule has 0 rings (SSSR count). The zero-order chi connectivity index (χ0) is 10.9. The first-order valence-electron chi connectivity index (χ1n) is 3.81. The van der Waals surface area contributed by atoms with Crippen LogP contribution in [0.2, 0.25) is 0 Å². The first kappa shape index (κ1) is 14.1. The number of isocyanates is 1. The Bertz CT molecular complexity index is 228. The van der Waals surface area contributed by atoms with Crippen LogP contribution >= 0.6 is 0 Å². The highest BCUT2D eigenvalue weighted by Gasteiger charge is 1.89. The van der Waals surface area contributed by atoms with Crippen molar-refractivity contribution in [3.8, 4) is 0 Å². The molecule has 1 N–H and O–H groups in total. The van der Waals surface area contributed by atoms with Crippen molar-refractivity contribution < 1.29 is 9.59 Å². The Kier molecular flexibility index (Phi) is 9.34. The summed E-state index contributed by atoms with van der Waals surface area (Å²) in [6, 6.07) is 0. The lowest BCUT2D eigenvalue weighted by Gasteiger charge is -1.87. The van der Waals surface area contributed by atoms with Crippen molar-refractivity contribution in [3.63, 3.8) is 0 Å². The summed E-state index contributed by atoms with van der Waals surface area (Å²) >= 11 is 0. The van der Waals surface area contributed by atoms with E-state index in [4.69, 9.17) is 10.2 Å². The molecule has 0 saturated carbocycles. The zero-order valence-corrected chi connectivity index (χ0v) is 8.47. The minimum atomic E-state index is 0.0833. The average Bonchev–Trinajstić information content (AvgIpc) is 1.83. The highest BCUT2D eigenvalue weighted by Crippen LogP contribution is 1.94. The third-order valence-electron chi connectivity index (χ3n) is 0.862. The molecule has 0 aliphatic rings. The molecule has 0 heterocycles. The van der Waals surface area contributed by atoms with Gasteiger partial charge in [-0.25, -0.2) is 10.2 Å². The van der Waals surface area contributed by atoms with Crippen molar-refractivity contribution in [1.82, 2.24) is 0 Å². The zero-order valence-electron chi connectivity index (χ0n) is 8.47. The predicted octanol–water partition coefficient (Wildman–Crippen LogP) is 2.39. The van der Waals surface area contributed by atoms with Crippen molar-refractivity contribution in [2.45, 2.75) is 27.7 Å². The van der Waals surface area contributed by atoms with Gasteiger partial charge in [-0.3, -0.25) is 4.79 Å². The molecule has 0 saturated heterocycles. The second-order valence-corrected chi connectivity index (χ2v) is 2.95. The summed E-state index contributed by atoms with van der Waals surface area (Å²) in [5, 5.41) is 5.40. The monoisotopic (exact) mass is 181 g/mol. The van der Waals surface area contributed by atoms with Gasteiger partial charge in [0.25, 0.3) is 0 Å². The molecule has 0 amide bonds. The van der Waals surface area contributed by atoms with Gasteiger partial charge in [-0.05, 0) is 39.8 Å². The van der Waals surface area contributed by atoms with Crippen LogP contribution in [0.3, 0.4) is 0 Å². The Balaban J connectivity index is 0. The van der Waals surface area contributed by atoms with Crippen LogP contribution in [0.15, 0.2) is 23.3 Å². The second kappa shape index (κ2) is 8.62. The summed E-state index contributed by atoms with van der Waals surface area (Å²) in [5.41, 5.74) is 2.09. The lowest BCUT2D eigenvalue weighted by atomic mass is 10.2. The van der Waals surface area contributed by atoms with Crippen molar-refractivity contribution in [1.29, 1.82) is 5.41 Å². The number of carbonyl (C=O) groups excluding carboxylic acids is 2. The van der Waals surface area contributed by atoms with Gasteiger partial charge in [0, 0.05) is 0 Å². The molecule has 72 valence electrons. The average molecular weight is 181 g/mol. The molecule has 0 aromatic rings. The number of carbonyl (C=O) groups is 1. The summed E-state index contributed by atoms with van der Waals surface area (Å²) in [6.07, 6.45) is 4.01. The topological polar surface area (TPSA) is 58.0 Å². The Hall–Kier alpha value is -1.47. The molecule has 0 aromatic carbocycles. The summed E-state index contributed by atoms with van der Waals surface area (Å²) in [5.74, 6) is 0.0833. The summed E-state index contributed by atoms with van der Waals surface area (Å²) in [6.45, 7) is 7.65. The van der Waals surface area contributed by atoms with Gasteiger partial charge in [0.1, 0.15) is 0 Å². The van der Waals surface area contributed by atoms with Crippen LogP contribution < -0.4 is 0 Å². The van der Waals surface area contributed by atoms with E-state index in [-0.39, 0.29) is 5.78 Å². The predicted molar refractivity (Wildman–Crippen MR) is 52.3 cm³/mol. The third-order valence-corrected chi connectivity index (χ3v) is 0.862. The molecule has 0 radical (unpaired) electrons. The number of rotatable bonds is 2. The van der Waals surface area contributed by atoms with E-state index in [1.165, 1.54) is 0 Å². The number of ketones is 1. The molecule has 0 aromatic heterocycles. The molecule has 0 bridgehead atoms. The van der Waals surface area contributed by atoms with Crippen LogP contribution in [0, 0.1) is 5.41 Å². The van der Waals surface area contributed by atoms with Crippen LogP contribution in [0.4, 0.5) is 0 Å². The highest BCUT2D eigenvalue weighted by molar-refractivity contribution is 5.99. The van der Waals surface area contributed by atoms with E-state index in [0.29, 0.717) is 0 Å². The molecule has 3 nitrogen and oxygen atoms in total. The van der Waals surface area contributed by atoms with Gasteiger partial charge in [-0.2, -0.15) is 0 Å². The first-order chi connectivity index (χ1) is 5.93. The molecule has 0 spiro atoms. The second-order valence-electron chi connectivity index (χ2n) is 2.95. The number of nitrogens with one attached hydrogen (secondary N) is 1. The Morgan fingerprint density at radius 1 is 1.08 bits per heavy atom. The number of hydrogen-bond donors (Lipinski definition) is 1. The van der Waals surface area contributed by atoms with Gasteiger partial charge in [0.15, 0.2) is 5.78 Å². The smallest absolute Gasteiger partial charge is 0.231 e. The SMILES string of the molecule is CC(C)=CC(=O)C=C(C)C.N=C=O. The lowest BCUT2D eigenvalue weighted by molar-refractivity contribution is -0.110. The van der Waals surface area contributed by atoms with Gasteiger partial charge in [0.2, 0.25) is 6.08 Å². The van der Waals surface area contributed by atoms with E-state index in [1.54, 1.807) is 12.2 Å². The van der Waals surface area contributed by atoms with Crippen LogP contribution in [0.5, 0.6) is 0 Å². The molecule has 0 fully saturated rings. The van der Waals surface area contributed by atoms with Crippen molar-refractivity contribution >= 4 is 11.9 Å². The van der Waals surface area contributed by atoms with E-state index >= 15 is 0 Å². The van der Waals surface area contributed by atoms with E-state index in [0.717, 1.165) is 17.2 Å². The number of hydrogen-bond acceptors (Lipinski definition) is 3. The highest BCUT2D eigenvalue weighted by atomic mass is 16.1. The van der Waals surface area contributed by atoms with Crippen LogP contribution in [-0.4, -0.2) is 11.9 Å². The maximum atomic E-state index is 10.9. The van der Waals surface area contributed by atoms with Gasteiger partial charge < -0.3 is 0 Å². The van der Waals surface area contributed by atoms with E-state index in [2.05, 4.69) is 0 Å². The summed E-state index contributed by atoms with van der Waals surface area (Å²) < 4.78 is 0. The van der Waals surface area contributed by atoms with Crippen molar-refractivity contribution in [2.75, 3.05) is 0 Å². The molecule has 0 aliphatic carbocycles. The van der Waals surface area contributed by atoms with Gasteiger partial charge in [-0.1, -0.05) is 11.1 Å². The van der Waals surface area contributed by atoms with Crippen molar-refractivity contribution in [3.05, 3.63) is 23.3 Å².